The van der Waals surface area contributed by atoms with Crippen molar-refractivity contribution in [2.75, 3.05) is 29.6 Å². The maximum Gasteiger partial charge on any atom is 0.238 e. The molecule has 0 spiro atoms. The normalized spacial score (nSPS) is 21.1. The Balaban J connectivity index is 1.54. The van der Waals surface area contributed by atoms with Crippen LogP contribution in [0.15, 0.2) is 24.3 Å². The first kappa shape index (κ1) is 13.5. The monoisotopic (exact) mass is 291 g/mol. The van der Waals surface area contributed by atoms with E-state index in [1.54, 1.807) is 16.7 Å². The number of nitrogens with zero attached hydrogens (tertiary/aromatic N) is 1. The van der Waals surface area contributed by atoms with Crippen molar-refractivity contribution in [3.8, 4) is 0 Å². The van der Waals surface area contributed by atoms with Crippen LogP contribution in [0, 0.1) is 0 Å². The van der Waals surface area contributed by atoms with E-state index in [0.29, 0.717) is 19.5 Å². The van der Waals surface area contributed by atoms with E-state index in [-0.39, 0.29) is 17.9 Å². The molecule has 2 aliphatic rings. The molecule has 1 aromatic rings. The Hall–Kier alpha value is -1.53. The van der Waals surface area contributed by atoms with Crippen LogP contribution in [0.3, 0.4) is 0 Å². The standard InChI is InChI=1S/C14H17N3O2S/c18-13-7-10-3-1-2-4-12(10)17(13)6-5-15-14(19)11-8-20-9-16-11/h1-4,11,16H,5-9H2,(H,15,19). The Morgan fingerprint density at radius 1 is 1.45 bits per heavy atom. The van der Waals surface area contributed by atoms with Crippen LogP contribution >= 0.6 is 11.8 Å². The minimum absolute atomic E-state index is 0.0231. The number of carbonyl (C=O) groups excluding carboxylic acids is 2. The van der Waals surface area contributed by atoms with Gasteiger partial charge in [-0.1, -0.05) is 18.2 Å². The average Bonchev–Trinajstić information content (AvgIpc) is 3.07. The molecular weight excluding hydrogens is 274 g/mol. The lowest BCUT2D eigenvalue weighted by Crippen LogP contribution is -2.45. The highest BCUT2D eigenvalue weighted by Crippen LogP contribution is 2.27. The van der Waals surface area contributed by atoms with E-state index in [1.165, 1.54) is 0 Å². The maximum atomic E-state index is 12.0. The molecule has 0 saturated carbocycles. The SMILES string of the molecule is O=C(NCCN1C(=O)Cc2ccccc21)C1CSCN1. The minimum atomic E-state index is -0.0958. The number of rotatable bonds is 4. The summed E-state index contributed by atoms with van der Waals surface area (Å²) in [6.45, 7) is 1.02. The molecule has 20 heavy (non-hydrogen) atoms. The van der Waals surface area contributed by atoms with Crippen molar-refractivity contribution < 1.29 is 9.59 Å². The zero-order chi connectivity index (χ0) is 13.9. The van der Waals surface area contributed by atoms with Gasteiger partial charge < -0.3 is 10.2 Å². The molecule has 2 N–H and O–H groups in total. The Morgan fingerprint density at radius 3 is 3.10 bits per heavy atom. The number of anilines is 1. The van der Waals surface area contributed by atoms with Crippen molar-refractivity contribution in [3.63, 3.8) is 0 Å². The van der Waals surface area contributed by atoms with Gasteiger partial charge in [-0.05, 0) is 11.6 Å². The molecule has 3 rings (SSSR count). The molecule has 2 amide bonds. The van der Waals surface area contributed by atoms with Crippen LogP contribution < -0.4 is 15.5 Å². The van der Waals surface area contributed by atoms with Gasteiger partial charge in [0.05, 0.1) is 12.5 Å². The zero-order valence-electron chi connectivity index (χ0n) is 11.1. The number of amides is 2. The van der Waals surface area contributed by atoms with Crippen LogP contribution in [0.1, 0.15) is 5.56 Å². The molecular formula is C14H17N3O2S. The maximum absolute atomic E-state index is 12.0. The van der Waals surface area contributed by atoms with Gasteiger partial charge >= 0.3 is 0 Å². The summed E-state index contributed by atoms with van der Waals surface area (Å²) in [5.41, 5.74) is 2.04. The Kier molecular flexibility index (Phi) is 3.93. The van der Waals surface area contributed by atoms with Gasteiger partial charge in [0.25, 0.3) is 0 Å². The van der Waals surface area contributed by atoms with Gasteiger partial charge in [-0.15, -0.1) is 11.8 Å². The third-order valence-electron chi connectivity index (χ3n) is 3.59. The van der Waals surface area contributed by atoms with Gasteiger partial charge in [-0.25, -0.2) is 0 Å². The number of para-hydroxylation sites is 1. The van der Waals surface area contributed by atoms with E-state index in [2.05, 4.69) is 10.6 Å². The van der Waals surface area contributed by atoms with E-state index in [0.717, 1.165) is 22.9 Å². The van der Waals surface area contributed by atoms with Crippen LogP contribution in [-0.2, 0) is 16.0 Å². The molecule has 2 aliphatic heterocycles. The summed E-state index contributed by atoms with van der Waals surface area (Å²) in [6, 6.07) is 7.72. The van der Waals surface area contributed by atoms with E-state index >= 15 is 0 Å². The van der Waals surface area contributed by atoms with Crippen LogP contribution in [0.5, 0.6) is 0 Å². The molecule has 1 fully saturated rings. The fourth-order valence-corrected chi connectivity index (χ4v) is 3.48. The van der Waals surface area contributed by atoms with Gasteiger partial charge in [0.2, 0.25) is 11.8 Å². The van der Waals surface area contributed by atoms with E-state index in [4.69, 9.17) is 0 Å². The van der Waals surface area contributed by atoms with Crippen LogP contribution in [0.25, 0.3) is 0 Å². The summed E-state index contributed by atoms with van der Waals surface area (Å²) >= 11 is 1.72. The van der Waals surface area contributed by atoms with Gasteiger partial charge in [0.1, 0.15) is 0 Å². The lowest BCUT2D eigenvalue weighted by molar-refractivity contribution is -0.122. The van der Waals surface area contributed by atoms with Crippen molar-refractivity contribution >= 4 is 29.3 Å². The summed E-state index contributed by atoms with van der Waals surface area (Å²) in [5, 5.41) is 6.02. The van der Waals surface area contributed by atoms with Gasteiger partial charge in [0.15, 0.2) is 0 Å². The molecule has 6 heteroatoms. The summed E-state index contributed by atoms with van der Waals surface area (Å²) in [5.74, 6) is 1.78. The number of hydrogen-bond acceptors (Lipinski definition) is 4. The predicted octanol–water partition coefficient (Wildman–Crippen LogP) is 0.354. The minimum Gasteiger partial charge on any atom is -0.353 e. The number of fused-ring (bicyclic) bond motifs is 1. The summed E-state index contributed by atoms with van der Waals surface area (Å²) < 4.78 is 0. The van der Waals surface area contributed by atoms with Crippen LogP contribution in [-0.4, -0.2) is 42.6 Å². The highest BCUT2D eigenvalue weighted by molar-refractivity contribution is 7.99. The molecule has 1 aromatic carbocycles. The zero-order valence-corrected chi connectivity index (χ0v) is 11.9. The molecule has 0 aliphatic carbocycles. The van der Waals surface area contributed by atoms with Crippen molar-refractivity contribution in [3.05, 3.63) is 29.8 Å². The number of carbonyl (C=O) groups is 2. The summed E-state index contributed by atoms with van der Waals surface area (Å²) in [4.78, 5) is 25.6. The molecule has 0 radical (unpaired) electrons. The number of thioether (sulfide) groups is 1. The second-order valence-corrected chi connectivity index (χ2v) is 5.94. The largest absolute Gasteiger partial charge is 0.353 e. The molecule has 5 nitrogen and oxygen atoms in total. The van der Waals surface area contributed by atoms with Crippen LogP contribution in [0.4, 0.5) is 5.69 Å². The average molecular weight is 291 g/mol. The Bertz CT molecular complexity index is 529. The first-order valence-electron chi connectivity index (χ1n) is 6.73. The fraction of sp³-hybridized carbons (Fsp3) is 0.429. The predicted molar refractivity (Wildman–Crippen MR) is 79.8 cm³/mol. The summed E-state index contributed by atoms with van der Waals surface area (Å²) in [7, 11) is 0. The van der Waals surface area contributed by atoms with Crippen molar-refractivity contribution in [1.82, 2.24) is 10.6 Å². The lowest BCUT2D eigenvalue weighted by atomic mass is 10.2. The third kappa shape index (κ3) is 2.66. The Labute approximate surface area is 122 Å². The second-order valence-electron chi connectivity index (χ2n) is 4.91. The molecule has 1 atom stereocenters. The third-order valence-corrected chi connectivity index (χ3v) is 4.53. The topological polar surface area (TPSA) is 61.4 Å². The molecule has 0 aromatic heterocycles. The first-order valence-corrected chi connectivity index (χ1v) is 7.88. The highest BCUT2D eigenvalue weighted by Gasteiger charge is 2.27. The number of hydrogen-bond donors (Lipinski definition) is 2. The van der Waals surface area contributed by atoms with E-state index in [9.17, 15) is 9.59 Å². The first-order chi connectivity index (χ1) is 9.75. The van der Waals surface area contributed by atoms with Crippen molar-refractivity contribution in [2.24, 2.45) is 0 Å². The number of benzene rings is 1. The van der Waals surface area contributed by atoms with Gasteiger partial charge in [0, 0.05) is 30.4 Å². The molecule has 1 saturated heterocycles. The Morgan fingerprint density at radius 2 is 2.30 bits per heavy atom. The molecule has 2 heterocycles. The highest BCUT2D eigenvalue weighted by atomic mass is 32.2. The van der Waals surface area contributed by atoms with E-state index in [1.807, 2.05) is 24.3 Å². The quantitative estimate of drug-likeness (QED) is 0.840. The van der Waals surface area contributed by atoms with Crippen molar-refractivity contribution in [2.45, 2.75) is 12.5 Å². The fourth-order valence-electron chi connectivity index (χ4n) is 2.54. The molecule has 106 valence electrons. The molecule has 0 bridgehead atoms. The smallest absolute Gasteiger partial charge is 0.238 e. The second kappa shape index (κ2) is 5.85. The molecule has 1 unspecified atom stereocenters. The summed E-state index contributed by atoms with van der Waals surface area (Å²) in [6.07, 6.45) is 0.463. The lowest BCUT2D eigenvalue weighted by Gasteiger charge is -2.18. The van der Waals surface area contributed by atoms with Gasteiger partial charge in [-0.2, -0.15) is 0 Å². The van der Waals surface area contributed by atoms with E-state index < -0.39 is 0 Å². The van der Waals surface area contributed by atoms with Crippen molar-refractivity contribution in [1.29, 1.82) is 0 Å². The van der Waals surface area contributed by atoms with Crippen LogP contribution in [0.2, 0.25) is 0 Å². The number of nitrogens with one attached hydrogen (secondary N) is 2. The van der Waals surface area contributed by atoms with Gasteiger partial charge in [-0.3, -0.25) is 14.9 Å².